The highest BCUT2D eigenvalue weighted by Crippen LogP contribution is 2.34. The van der Waals surface area contributed by atoms with Gasteiger partial charge in [-0.3, -0.25) is 0 Å². The van der Waals surface area contributed by atoms with E-state index in [1.54, 1.807) is 0 Å². The normalized spacial score (nSPS) is 11.7. The fraction of sp³-hybridized carbons (Fsp3) is 0.368. The van der Waals surface area contributed by atoms with Crippen LogP contribution in [0.5, 0.6) is 0 Å². The van der Waals surface area contributed by atoms with Gasteiger partial charge in [0.25, 0.3) is 0 Å². The van der Waals surface area contributed by atoms with Crippen LogP contribution < -0.4 is 0 Å². The molecule has 21 heavy (non-hydrogen) atoms. The van der Waals surface area contributed by atoms with Gasteiger partial charge >= 0.3 is 0 Å². The zero-order chi connectivity index (χ0) is 15.5. The Morgan fingerprint density at radius 1 is 0.857 bits per heavy atom. The van der Waals surface area contributed by atoms with Crippen LogP contribution >= 0.6 is 23.2 Å². The van der Waals surface area contributed by atoms with Crippen molar-refractivity contribution in [3.05, 3.63) is 70.3 Å². The number of rotatable bonds is 5. The van der Waals surface area contributed by atoms with Crippen molar-refractivity contribution in [2.24, 2.45) is 0 Å². The summed E-state index contributed by atoms with van der Waals surface area (Å²) in [7, 11) is 0. The van der Waals surface area contributed by atoms with Gasteiger partial charge in [-0.1, -0.05) is 48.0 Å². The molecule has 2 heteroatoms. The molecular formula is C19H22Cl2. The Morgan fingerprint density at radius 3 is 1.95 bits per heavy atom. The number of hydrogen-bond acceptors (Lipinski definition) is 0. The molecule has 0 N–H and O–H groups in total. The zero-order valence-corrected chi connectivity index (χ0v) is 14.4. The van der Waals surface area contributed by atoms with E-state index >= 15 is 0 Å². The smallest absolute Gasteiger partial charge is 0.0335 e. The van der Waals surface area contributed by atoms with Gasteiger partial charge in [-0.2, -0.15) is 0 Å². The van der Waals surface area contributed by atoms with Gasteiger partial charge in [0.05, 0.1) is 0 Å². The first-order valence-corrected chi connectivity index (χ1v) is 8.33. The fourth-order valence-electron chi connectivity index (χ4n) is 2.83. The summed E-state index contributed by atoms with van der Waals surface area (Å²) >= 11 is 12.8. The molecule has 0 aliphatic rings. The molecule has 2 rings (SSSR count). The third-order valence-electron chi connectivity index (χ3n) is 4.30. The third-order valence-corrected chi connectivity index (χ3v) is 5.32. The summed E-state index contributed by atoms with van der Waals surface area (Å²) < 4.78 is 0. The number of benzene rings is 2. The summed E-state index contributed by atoms with van der Waals surface area (Å²) in [6, 6.07) is 15.0. The summed E-state index contributed by atoms with van der Waals surface area (Å²) in [5, 5.41) is 0. The average Bonchev–Trinajstić information content (AvgIpc) is 2.48. The molecule has 0 radical (unpaired) electrons. The lowest BCUT2D eigenvalue weighted by atomic mass is 9.76. The second kappa shape index (κ2) is 6.85. The minimum Gasteiger partial charge on any atom is -0.126 e. The number of hydrogen-bond donors (Lipinski definition) is 0. The summed E-state index contributed by atoms with van der Waals surface area (Å²) in [5.74, 6) is 1.04. The predicted molar refractivity (Wildman–Crippen MR) is 93.9 cm³/mol. The first kappa shape index (κ1) is 16.4. The van der Waals surface area contributed by atoms with Gasteiger partial charge in [0.1, 0.15) is 0 Å². The van der Waals surface area contributed by atoms with E-state index in [1.807, 2.05) is 0 Å². The van der Waals surface area contributed by atoms with Crippen LogP contribution in [0.1, 0.15) is 27.8 Å². The highest BCUT2D eigenvalue weighted by Gasteiger charge is 2.32. The molecule has 0 unspecified atom stereocenters. The van der Waals surface area contributed by atoms with Crippen LogP contribution in [0.25, 0.3) is 0 Å². The van der Waals surface area contributed by atoms with E-state index in [-0.39, 0.29) is 5.41 Å². The number of halogens is 2. The van der Waals surface area contributed by atoms with E-state index in [0.717, 1.165) is 6.42 Å². The number of aryl methyl sites for hydroxylation is 3. The maximum absolute atomic E-state index is 6.38. The Bertz CT molecular complexity index is 592. The van der Waals surface area contributed by atoms with Crippen LogP contribution in [0.3, 0.4) is 0 Å². The lowest BCUT2D eigenvalue weighted by molar-refractivity contribution is 0.533. The second-order valence-electron chi connectivity index (χ2n) is 5.96. The average molecular weight is 321 g/mol. The highest BCUT2D eigenvalue weighted by atomic mass is 35.5. The maximum Gasteiger partial charge on any atom is 0.0335 e. The van der Waals surface area contributed by atoms with Gasteiger partial charge in [-0.05, 0) is 49.4 Å². The largest absolute Gasteiger partial charge is 0.126 e. The lowest BCUT2D eigenvalue weighted by Crippen LogP contribution is -2.34. The van der Waals surface area contributed by atoms with Crippen LogP contribution in [0.15, 0.2) is 42.5 Å². The van der Waals surface area contributed by atoms with E-state index < -0.39 is 0 Å². The summed E-state index contributed by atoms with van der Waals surface area (Å²) in [5.41, 5.74) is 6.24. The van der Waals surface area contributed by atoms with Crippen molar-refractivity contribution in [2.45, 2.75) is 32.6 Å². The molecule has 0 heterocycles. The van der Waals surface area contributed by atoms with Gasteiger partial charge in [-0.25, -0.2) is 0 Å². The molecule has 0 saturated carbocycles. The maximum atomic E-state index is 6.38. The van der Waals surface area contributed by atoms with Crippen molar-refractivity contribution in [3.63, 3.8) is 0 Å². The van der Waals surface area contributed by atoms with Crippen LogP contribution in [-0.4, -0.2) is 11.8 Å². The molecule has 0 aliphatic carbocycles. The van der Waals surface area contributed by atoms with E-state index in [4.69, 9.17) is 23.2 Å². The lowest BCUT2D eigenvalue weighted by Gasteiger charge is -2.32. The van der Waals surface area contributed by atoms with Crippen molar-refractivity contribution in [2.75, 3.05) is 11.8 Å². The molecule has 2 aromatic carbocycles. The molecule has 0 bridgehead atoms. The van der Waals surface area contributed by atoms with Gasteiger partial charge < -0.3 is 0 Å². The Kier molecular flexibility index (Phi) is 5.35. The van der Waals surface area contributed by atoms with Crippen molar-refractivity contribution >= 4 is 23.2 Å². The van der Waals surface area contributed by atoms with Gasteiger partial charge in [0, 0.05) is 17.2 Å². The molecule has 0 aliphatic heterocycles. The Balaban J connectivity index is 2.48. The molecular weight excluding hydrogens is 299 g/mol. The molecule has 0 atom stereocenters. The monoisotopic (exact) mass is 320 g/mol. The Labute approximate surface area is 138 Å². The predicted octanol–water partition coefficient (Wildman–Crippen LogP) is 5.57. The zero-order valence-electron chi connectivity index (χ0n) is 12.9. The molecule has 0 nitrogen and oxygen atoms in total. The van der Waals surface area contributed by atoms with Crippen LogP contribution in [0.4, 0.5) is 0 Å². The standard InChI is InChI=1S/C19H22Cl2/c1-14-6-4-9-17(10-14)19(12-20,13-21)11-18-15(2)7-5-8-16(18)3/h4-10H,11-13H2,1-3H3. The van der Waals surface area contributed by atoms with Crippen LogP contribution in [-0.2, 0) is 11.8 Å². The summed E-state index contributed by atoms with van der Waals surface area (Å²) in [6.07, 6.45) is 0.877. The first-order valence-electron chi connectivity index (χ1n) is 7.26. The minimum absolute atomic E-state index is 0.216. The van der Waals surface area contributed by atoms with Crippen molar-refractivity contribution in [1.29, 1.82) is 0 Å². The molecule has 0 spiro atoms. The first-order chi connectivity index (χ1) is 10.0. The van der Waals surface area contributed by atoms with Crippen molar-refractivity contribution in [1.82, 2.24) is 0 Å². The Hall–Kier alpha value is -0.980. The third kappa shape index (κ3) is 3.44. The molecule has 0 aromatic heterocycles. The van der Waals surface area contributed by atoms with Gasteiger partial charge in [0.2, 0.25) is 0 Å². The highest BCUT2D eigenvalue weighted by molar-refractivity contribution is 6.22. The van der Waals surface area contributed by atoms with E-state index in [1.165, 1.54) is 27.8 Å². The van der Waals surface area contributed by atoms with E-state index in [2.05, 4.69) is 63.2 Å². The molecule has 2 aromatic rings. The van der Waals surface area contributed by atoms with Crippen molar-refractivity contribution in [3.8, 4) is 0 Å². The summed E-state index contributed by atoms with van der Waals surface area (Å²) in [6.45, 7) is 6.42. The number of alkyl halides is 2. The van der Waals surface area contributed by atoms with Gasteiger partial charge in [0.15, 0.2) is 0 Å². The fourth-order valence-corrected chi connectivity index (χ4v) is 3.61. The Morgan fingerprint density at radius 2 is 1.43 bits per heavy atom. The molecule has 112 valence electrons. The van der Waals surface area contributed by atoms with Crippen LogP contribution in [0.2, 0.25) is 0 Å². The van der Waals surface area contributed by atoms with E-state index in [9.17, 15) is 0 Å². The molecule has 0 amide bonds. The summed E-state index contributed by atoms with van der Waals surface area (Å²) in [4.78, 5) is 0. The quantitative estimate of drug-likeness (QED) is 0.632. The SMILES string of the molecule is Cc1cccc(C(CCl)(CCl)Cc2c(C)cccc2C)c1. The topological polar surface area (TPSA) is 0 Å². The van der Waals surface area contributed by atoms with Gasteiger partial charge in [-0.15, -0.1) is 23.2 Å². The van der Waals surface area contributed by atoms with Crippen LogP contribution in [0, 0.1) is 20.8 Å². The minimum atomic E-state index is -0.216. The van der Waals surface area contributed by atoms with Crippen molar-refractivity contribution < 1.29 is 0 Å². The molecule has 0 saturated heterocycles. The van der Waals surface area contributed by atoms with E-state index in [0.29, 0.717) is 11.8 Å². The molecule has 0 fully saturated rings. The second-order valence-corrected chi connectivity index (χ2v) is 6.50.